The van der Waals surface area contributed by atoms with Crippen LogP contribution in [0.4, 0.5) is 11.4 Å². The third-order valence-corrected chi connectivity index (χ3v) is 4.39. The first-order valence-corrected chi connectivity index (χ1v) is 9.06. The quantitative estimate of drug-likeness (QED) is 0.527. The van der Waals surface area contributed by atoms with E-state index in [1.807, 2.05) is 62.3 Å². The lowest BCUT2D eigenvalue weighted by atomic mass is 10.1. The fraction of sp³-hybridized carbons (Fsp3) is 0.273. The molecule has 2 aromatic rings. The van der Waals surface area contributed by atoms with Gasteiger partial charge in [-0.15, -0.1) is 0 Å². The molecule has 152 valence electrons. The van der Waals surface area contributed by atoms with E-state index in [0.717, 1.165) is 16.9 Å². The molecule has 0 aliphatic rings. The van der Waals surface area contributed by atoms with Crippen molar-refractivity contribution in [2.75, 3.05) is 38.5 Å². The van der Waals surface area contributed by atoms with Crippen molar-refractivity contribution in [3.8, 4) is 17.6 Å². The van der Waals surface area contributed by atoms with Gasteiger partial charge < -0.3 is 25.0 Å². The maximum absolute atomic E-state index is 12.5. The van der Waals surface area contributed by atoms with Crippen LogP contribution in [0, 0.1) is 11.3 Å². The minimum Gasteiger partial charge on any atom is -0.493 e. The highest BCUT2D eigenvalue weighted by Gasteiger charge is 2.15. The number of amides is 1. The lowest BCUT2D eigenvalue weighted by molar-refractivity contribution is -0.117. The van der Waals surface area contributed by atoms with E-state index in [2.05, 4.69) is 10.6 Å². The van der Waals surface area contributed by atoms with Crippen molar-refractivity contribution in [3.63, 3.8) is 0 Å². The maximum Gasteiger partial charge on any atom is 0.263 e. The van der Waals surface area contributed by atoms with Gasteiger partial charge in [-0.1, -0.05) is 6.07 Å². The van der Waals surface area contributed by atoms with Crippen molar-refractivity contribution in [1.29, 1.82) is 5.26 Å². The molecule has 1 amide bonds. The minimum absolute atomic E-state index is 0.0194. The summed E-state index contributed by atoms with van der Waals surface area (Å²) in [5.74, 6) is 0.717. The van der Waals surface area contributed by atoms with Gasteiger partial charge in [-0.05, 0) is 48.9 Å². The Morgan fingerprint density at radius 1 is 1.10 bits per heavy atom. The van der Waals surface area contributed by atoms with Crippen molar-refractivity contribution < 1.29 is 14.3 Å². The highest BCUT2D eigenvalue weighted by molar-refractivity contribution is 5.97. The second kappa shape index (κ2) is 10.0. The van der Waals surface area contributed by atoms with Gasteiger partial charge in [-0.25, -0.2) is 0 Å². The summed E-state index contributed by atoms with van der Waals surface area (Å²) in [6, 6.07) is 14.7. The van der Waals surface area contributed by atoms with E-state index in [-0.39, 0.29) is 11.6 Å². The van der Waals surface area contributed by atoms with Crippen molar-refractivity contribution in [1.82, 2.24) is 5.32 Å². The first-order chi connectivity index (χ1) is 13.9. The first-order valence-electron chi connectivity index (χ1n) is 9.06. The van der Waals surface area contributed by atoms with E-state index in [4.69, 9.17) is 9.47 Å². The van der Waals surface area contributed by atoms with E-state index in [0.29, 0.717) is 11.5 Å². The highest BCUT2D eigenvalue weighted by atomic mass is 16.5. The largest absolute Gasteiger partial charge is 0.493 e. The van der Waals surface area contributed by atoms with Crippen LogP contribution in [0.25, 0.3) is 0 Å². The number of anilines is 2. The van der Waals surface area contributed by atoms with Gasteiger partial charge in [0.25, 0.3) is 5.91 Å². The van der Waals surface area contributed by atoms with Crippen LogP contribution in [-0.4, -0.2) is 34.2 Å². The van der Waals surface area contributed by atoms with Crippen LogP contribution in [0.1, 0.15) is 18.5 Å². The monoisotopic (exact) mass is 394 g/mol. The topological polar surface area (TPSA) is 86.6 Å². The highest BCUT2D eigenvalue weighted by Crippen LogP contribution is 2.30. The zero-order valence-electron chi connectivity index (χ0n) is 17.3. The fourth-order valence-electron chi connectivity index (χ4n) is 2.64. The Bertz CT molecular complexity index is 915. The Hall–Kier alpha value is -3.66. The summed E-state index contributed by atoms with van der Waals surface area (Å²) in [4.78, 5) is 14.5. The summed E-state index contributed by atoms with van der Waals surface area (Å²) in [6.45, 7) is 1.83. The van der Waals surface area contributed by atoms with Crippen LogP contribution >= 0.6 is 0 Å². The maximum atomic E-state index is 12.5. The van der Waals surface area contributed by atoms with Crippen LogP contribution in [0.5, 0.6) is 11.5 Å². The lowest BCUT2D eigenvalue weighted by Crippen LogP contribution is -2.28. The van der Waals surface area contributed by atoms with Gasteiger partial charge in [-0.3, -0.25) is 4.79 Å². The molecule has 2 N–H and O–H groups in total. The molecule has 7 heteroatoms. The van der Waals surface area contributed by atoms with Crippen LogP contribution < -0.4 is 25.0 Å². The van der Waals surface area contributed by atoms with E-state index in [9.17, 15) is 10.1 Å². The first kappa shape index (κ1) is 21.6. The summed E-state index contributed by atoms with van der Waals surface area (Å²) in [6.07, 6.45) is 1.40. The molecule has 2 aromatic carbocycles. The number of methoxy groups -OCH3 is 2. The Labute approximate surface area is 171 Å². The molecule has 1 unspecified atom stereocenters. The Kier molecular flexibility index (Phi) is 7.49. The fourth-order valence-corrected chi connectivity index (χ4v) is 2.64. The van der Waals surface area contributed by atoms with Crippen LogP contribution in [0.2, 0.25) is 0 Å². The number of ether oxygens (including phenoxy) is 2. The molecule has 0 spiro atoms. The van der Waals surface area contributed by atoms with E-state index in [1.165, 1.54) is 6.20 Å². The number of nitriles is 1. The zero-order valence-corrected chi connectivity index (χ0v) is 17.3. The van der Waals surface area contributed by atoms with Crippen LogP contribution in [-0.2, 0) is 4.79 Å². The van der Waals surface area contributed by atoms with Crippen LogP contribution in [0.15, 0.2) is 54.2 Å². The number of benzene rings is 2. The number of hydrogen-bond donors (Lipinski definition) is 2. The molecule has 0 saturated heterocycles. The van der Waals surface area contributed by atoms with Crippen molar-refractivity contribution >= 4 is 17.3 Å². The second-order valence-electron chi connectivity index (χ2n) is 6.57. The number of nitrogens with zero attached hydrogens (tertiary/aromatic N) is 2. The van der Waals surface area contributed by atoms with Crippen molar-refractivity contribution in [2.45, 2.75) is 13.0 Å². The predicted molar refractivity (Wildman–Crippen MR) is 114 cm³/mol. The van der Waals surface area contributed by atoms with Gasteiger partial charge in [0.05, 0.1) is 20.3 Å². The minimum atomic E-state index is -0.466. The molecule has 0 saturated carbocycles. The molecular formula is C22H26N4O3. The van der Waals surface area contributed by atoms with Gasteiger partial charge in [-0.2, -0.15) is 5.26 Å². The number of rotatable bonds is 8. The summed E-state index contributed by atoms with van der Waals surface area (Å²) in [7, 11) is 7.03. The van der Waals surface area contributed by atoms with Gasteiger partial charge in [0, 0.05) is 31.7 Å². The third-order valence-electron chi connectivity index (χ3n) is 4.39. The summed E-state index contributed by atoms with van der Waals surface area (Å²) >= 11 is 0. The van der Waals surface area contributed by atoms with Crippen molar-refractivity contribution in [3.05, 3.63) is 59.8 Å². The molecule has 0 aliphatic carbocycles. The Balaban J connectivity index is 2.07. The molecule has 29 heavy (non-hydrogen) atoms. The van der Waals surface area contributed by atoms with E-state index < -0.39 is 5.91 Å². The van der Waals surface area contributed by atoms with Crippen molar-refractivity contribution in [2.24, 2.45) is 0 Å². The molecule has 7 nitrogen and oxygen atoms in total. The van der Waals surface area contributed by atoms with Crippen LogP contribution in [0.3, 0.4) is 0 Å². The molecule has 0 heterocycles. The van der Waals surface area contributed by atoms with E-state index in [1.54, 1.807) is 26.4 Å². The third kappa shape index (κ3) is 5.66. The second-order valence-corrected chi connectivity index (χ2v) is 6.57. The molecule has 0 aromatic heterocycles. The standard InChI is InChI=1S/C22H26N4O3/c1-15(16-6-11-20(28-4)21(12-16)29-5)25-22(27)17(13-23)14-24-18-7-9-19(10-8-18)26(2)3/h6-12,14-15,24H,1-5H3,(H,25,27)/b17-14-. The van der Waals surface area contributed by atoms with E-state index >= 15 is 0 Å². The number of carbonyl (C=O) groups excluding carboxylic acids is 1. The lowest BCUT2D eigenvalue weighted by Gasteiger charge is -2.16. The molecule has 0 aliphatic heterocycles. The molecule has 0 bridgehead atoms. The van der Waals surface area contributed by atoms with Gasteiger partial charge in [0.15, 0.2) is 11.5 Å². The number of carbonyl (C=O) groups is 1. The molecule has 2 rings (SSSR count). The average Bonchev–Trinajstić information content (AvgIpc) is 2.73. The SMILES string of the molecule is COc1ccc(C(C)NC(=O)/C(C#N)=C\Nc2ccc(N(C)C)cc2)cc1OC. The van der Waals surface area contributed by atoms with Gasteiger partial charge in [0.1, 0.15) is 11.6 Å². The Morgan fingerprint density at radius 3 is 2.31 bits per heavy atom. The summed E-state index contributed by atoms with van der Waals surface area (Å²) in [5.41, 5.74) is 2.65. The average molecular weight is 394 g/mol. The zero-order chi connectivity index (χ0) is 21.4. The molecule has 0 radical (unpaired) electrons. The summed E-state index contributed by atoms with van der Waals surface area (Å²) < 4.78 is 10.5. The predicted octanol–water partition coefficient (Wildman–Crippen LogP) is 3.47. The van der Waals surface area contributed by atoms with Gasteiger partial charge in [0.2, 0.25) is 0 Å². The van der Waals surface area contributed by atoms with Gasteiger partial charge >= 0.3 is 0 Å². The molecular weight excluding hydrogens is 368 g/mol. The summed E-state index contributed by atoms with van der Waals surface area (Å²) in [5, 5.41) is 15.2. The number of hydrogen-bond acceptors (Lipinski definition) is 6. The molecule has 1 atom stereocenters. The smallest absolute Gasteiger partial charge is 0.263 e. The Morgan fingerprint density at radius 2 is 1.76 bits per heavy atom. The molecule has 0 fully saturated rings. The normalized spacial score (nSPS) is 11.8. The number of nitrogens with one attached hydrogen (secondary N) is 2.